The highest BCUT2D eigenvalue weighted by Crippen LogP contribution is 2.28. The topological polar surface area (TPSA) is 40.9 Å². The Morgan fingerprint density at radius 1 is 1.31 bits per heavy atom. The number of carbonyl (C=O) groups excluding carboxylic acids is 1. The van der Waals surface area contributed by atoms with E-state index < -0.39 is 0 Å². The van der Waals surface area contributed by atoms with Gasteiger partial charge in [-0.15, -0.1) is 0 Å². The lowest BCUT2D eigenvalue weighted by Crippen LogP contribution is -2.19. The van der Waals surface area contributed by atoms with Crippen LogP contribution in [-0.4, -0.2) is 5.78 Å². The van der Waals surface area contributed by atoms with Gasteiger partial charge in [0.2, 0.25) is 0 Å². The van der Waals surface area contributed by atoms with Gasteiger partial charge in [-0.3, -0.25) is 4.79 Å². The van der Waals surface area contributed by atoms with Gasteiger partial charge in [-0.2, -0.15) is 5.26 Å². The van der Waals surface area contributed by atoms with E-state index in [0.29, 0.717) is 18.3 Å². The Kier molecular flexibility index (Phi) is 5.52. The predicted molar refractivity (Wildman–Crippen MR) is 64.8 cm³/mol. The summed E-state index contributed by atoms with van der Waals surface area (Å²) in [5, 5.41) is 9.00. The number of nitrogens with zero attached hydrogens (tertiary/aromatic N) is 1. The first-order chi connectivity index (χ1) is 7.63. The maximum absolute atomic E-state index is 12.0. The summed E-state index contributed by atoms with van der Waals surface area (Å²) in [6.07, 6.45) is 7.58. The maximum atomic E-state index is 12.0. The molecule has 0 aromatic heterocycles. The van der Waals surface area contributed by atoms with Crippen molar-refractivity contribution in [2.24, 2.45) is 17.8 Å². The second-order valence-corrected chi connectivity index (χ2v) is 5.49. The quantitative estimate of drug-likeness (QED) is 0.710. The zero-order valence-corrected chi connectivity index (χ0v) is 10.5. The number of Topliss-reactive ketones (excluding diaryl/α,β-unsaturated/α-hetero) is 1. The number of rotatable bonds is 5. The van der Waals surface area contributed by atoms with Crippen LogP contribution in [0.1, 0.15) is 58.8 Å². The number of ketones is 1. The minimum atomic E-state index is -0.359. The molecule has 1 atom stereocenters. The van der Waals surface area contributed by atoms with E-state index in [1.54, 1.807) is 0 Å². The molecule has 0 N–H and O–H groups in total. The van der Waals surface area contributed by atoms with Crippen molar-refractivity contribution in [3.63, 3.8) is 0 Å². The fourth-order valence-corrected chi connectivity index (χ4v) is 2.55. The molecule has 1 saturated carbocycles. The lowest BCUT2D eigenvalue weighted by atomic mass is 9.82. The van der Waals surface area contributed by atoms with Crippen LogP contribution >= 0.6 is 0 Å². The lowest BCUT2D eigenvalue weighted by Gasteiger charge is -2.22. The van der Waals surface area contributed by atoms with Crippen LogP contribution in [0.5, 0.6) is 0 Å². The zero-order chi connectivity index (χ0) is 12.0. The Morgan fingerprint density at radius 2 is 1.94 bits per heavy atom. The van der Waals surface area contributed by atoms with Crippen LogP contribution in [0, 0.1) is 29.1 Å². The smallest absolute Gasteiger partial charge is 0.150 e. The molecule has 0 heterocycles. The fraction of sp³-hybridized carbons (Fsp3) is 0.857. The van der Waals surface area contributed by atoms with Crippen molar-refractivity contribution in [3.05, 3.63) is 0 Å². The van der Waals surface area contributed by atoms with Gasteiger partial charge in [0, 0.05) is 6.42 Å². The van der Waals surface area contributed by atoms with Gasteiger partial charge >= 0.3 is 0 Å². The Hall–Kier alpha value is -0.840. The lowest BCUT2D eigenvalue weighted by molar-refractivity contribution is -0.122. The maximum Gasteiger partial charge on any atom is 0.150 e. The third-order valence-electron chi connectivity index (χ3n) is 3.47. The van der Waals surface area contributed by atoms with Crippen LogP contribution in [0.2, 0.25) is 0 Å². The largest absolute Gasteiger partial charge is 0.298 e. The molecule has 1 aliphatic rings. The Balaban J connectivity index is 2.39. The van der Waals surface area contributed by atoms with Crippen LogP contribution in [-0.2, 0) is 4.79 Å². The molecule has 1 fully saturated rings. The van der Waals surface area contributed by atoms with E-state index in [-0.39, 0.29) is 11.7 Å². The summed E-state index contributed by atoms with van der Waals surface area (Å²) >= 11 is 0. The summed E-state index contributed by atoms with van der Waals surface area (Å²) < 4.78 is 0. The van der Waals surface area contributed by atoms with Gasteiger partial charge in [-0.1, -0.05) is 46.0 Å². The first-order valence-electron chi connectivity index (χ1n) is 6.55. The molecule has 0 aromatic rings. The van der Waals surface area contributed by atoms with Gasteiger partial charge in [-0.25, -0.2) is 0 Å². The average Bonchev–Trinajstić information content (AvgIpc) is 2.26. The predicted octanol–water partition coefficient (Wildman–Crippen LogP) is 3.71. The first-order valence-corrected chi connectivity index (χ1v) is 6.55. The number of nitriles is 1. The Morgan fingerprint density at radius 3 is 2.44 bits per heavy atom. The van der Waals surface area contributed by atoms with Gasteiger partial charge in [-0.05, 0) is 18.3 Å². The summed E-state index contributed by atoms with van der Waals surface area (Å²) in [5.74, 6) is 0.814. The molecule has 2 nitrogen and oxygen atoms in total. The molecular formula is C14H23NO. The molecule has 1 rings (SSSR count). The average molecular weight is 221 g/mol. The molecule has 0 aliphatic heterocycles. The summed E-state index contributed by atoms with van der Waals surface area (Å²) in [6, 6.07) is 2.17. The summed E-state index contributed by atoms with van der Waals surface area (Å²) in [4.78, 5) is 12.0. The van der Waals surface area contributed by atoms with Crippen molar-refractivity contribution in [2.45, 2.75) is 58.8 Å². The summed E-state index contributed by atoms with van der Waals surface area (Å²) in [6.45, 7) is 4.14. The second-order valence-electron chi connectivity index (χ2n) is 5.49. The molecule has 1 unspecified atom stereocenters. The standard InChI is InChI=1S/C14H23NO/c1-11(2)8-13(10-15)14(16)9-12-6-4-3-5-7-12/h11-13H,3-9H2,1-2H3. The molecule has 0 radical (unpaired) electrons. The highest BCUT2D eigenvalue weighted by atomic mass is 16.1. The van der Waals surface area contributed by atoms with E-state index in [1.165, 1.54) is 32.1 Å². The monoisotopic (exact) mass is 221 g/mol. The first kappa shape index (κ1) is 13.2. The fourth-order valence-electron chi connectivity index (χ4n) is 2.55. The van der Waals surface area contributed by atoms with Gasteiger partial charge in [0.05, 0.1) is 6.07 Å². The van der Waals surface area contributed by atoms with Crippen LogP contribution in [0.4, 0.5) is 0 Å². The van der Waals surface area contributed by atoms with Gasteiger partial charge in [0.15, 0.2) is 0 Å². The molecule has 0 amide bonds. The molecule has 0 spiro atoms. The van der Waals surface area contributed by atoms with Crippen molar-refractivity contribution in [2.75, 3.05) is 0 Å². The van der Waals surface area contributed by atoms with Crippen LogP contribution in [0.25, 0.3) is 0 Å². The molecule has 1 aliphatic carbocycles. The van der Waals surface area contributed by atoms with Gasteiger partial charge in [0.1, 0.15) is 11.7 Å². The van der Waals surface area contributed by atoms with E-state index in [2.05, 4.69) is 19.9 Å². The van der Waals surface area contributed by atoms with Crippen molar-refractivity contribution in [1.29, 1.82) is 5.26 Å². The van der Waals surface area contributed by atoms with Crippen LogP contribution < -0.4 is 0 Å². The second kappa shape index (κ2) is 6.68. The van der Waals surface area contributed by atoms with Crippen molar-refractivity contribution < 1.29 is 4.79 Å². The van der Waals surface area contributed by atoms with Gasteiger partial charge < -0.3 is 0 Å². The highest BCUT2D eigenvalue weighted by molar-refractivity contribution is 5.83. The molecule has 0 bridgehead atoms. The number of hydrogen-bond donors (Lipinski definition) is 0. The zero-order valence-electron chi connectivity index (χ0n) is 10.5. The van der Waals surface area contributed by atoms with E-state index in [4.69, 9.17) is 5.26 Å². The third-order valence-corrected chi connectivity index (χ3v) is 3.47. The molecule has 90 valence electrons. The van der Waals surface area contributed by atoms with Crippen LogP contribution in [0.15, 0.2) is 0 Å². The van der Waals surface area contributed by atoms with Crippen LogP contribution in [0.3, 0.4) is 0 Å². The van der Waals surface area contributed by atoms with E-state index >= 15 is 0 Å². The van der Waals surface area contributed by atoms with Gasteiger partial charge in [0.25, 0.3) is 0 Å². The molecule has 0 aromatic carbocycles. The van der Waals surface area contributed by atoms with Crippen molar-refractivity contribution in [3.8, 4) is 6.07 Å². The third kappa shape index (κ3) is 4.35. The highest BCUT2D eigenvalue weighted by Gasteiger charge is 2.23. The summed E-state index contributed by atoms with van der Waals surface area (Å²) in [5.41, 5.74) is 0. The molecular weight excluding hydrogens is 198 g/mol. The minimum absolute atomic E-state index is 0.183. The Labute approximate surface area is 99.0 Å². The number of carbonyl (C=O) groups is 1. The van der Waals surface area contributed by atoms with E-state index in [1.807, 2.05) is 0 Å². The normalized spacial score (nSPS) is 19.4. The number of hydrogen-bond acceptors (Lipinski definition) is 2. The summed E-state index contributed by atoms with van der Waals surface area (Å²) in [7, 11) is 0. The molecule has 0 saturated heterocycles. The van der Waals surface area contributed by atoms with Crippen molar-refractivity contribution >= 4 is 5.78 Å². The molecule has 2 heteroatoms. The minimum Gasteiger partial charge on any atom is -0.298 e. The SMILES string of the molecule is CC(C)CC(C#N)C(=O)CC1CCCCC1. The Bertz CT molecular complexity index is 258. The van der Waals surface area contributed by atoms with E-state index in [9.17, 15) is 4.79 Å². The molecule has 16 heavy (non-hydrogen) atoms. The van der Waals surface area contributed by atoms with Crippen molar-refractivity contribution in [1.82, 2.24) is 0 Å². The van der Waals surface area contributed by atoms with E-state index in [0.717, 1.165) is 6.42 Å².